The van der Waals surface area contributed by atoms with Gasteiger partial charge in [-0.15, -0.1) is 11.3 Å². The van der Waals surface area contributed by atoms with Crippen molar-refractivity contribution in [3.05, 3.63) is 35.0 Å². The Balaban J connectivity index is 1.87. The molecule has 1 amide bonds. The van der Waals surface area contributed by atoms with Crippen molar-refractivity contribution in [1.82, 2.24) is 5.32 Å². The molecule has 0 aliphatic heterocycles. The maximum absolute atomic E-state index is 13.6. The molecule has 20 heavy (non-hydrogen) atoms. The number of rotatable bonds is 3. The lowest BCUT2D eigenvalue weighted by atomic mass is 9.99. The summed E-state index contributed by atoms with van der Waals surface area (Å²) in [6, 6.07) is 6.42. The highest BCUT2D eigenvalue weighted by Crippen LogP contribution is 2.31. The summed E-state index contributed by atoms with van der Waals surface area (Å²) in [6.45, 7) is -0.0437. The summed E-state index contributed by atoms with van der Waals surface area (Å²) < 4.78 is 14.4. The van der Waals surface area contributed by atoms with Crippen molar-refractivity contribution in [3.63, 3.8) is 0 Å². The van der Waals surface area contributed by atoms with Crippen LogP contribution in [0.5, 0.6) is 0 Å². The van der Waals surface area contributed by atoms with E-state index in [0.29, 0.717) is 10.3 Å². The van der Waals surface area contributed by atoms with E-state index in [1.807, 2.05) is 0 Å². The Labute approximate surface area is 120 Å². The molecule has 1 aliphatic rings. The van der Waals surface area contributed by atoms with Gasteiger partial charge < -0.3 is 10.4 Å². The molecule has 1 aromatic carbocycles. The van der Waals surface area contributed by atoms with E-state index in [1.165, 1.54) is 17.4 Å². The van der Waals surface area contributed by atoms with Crippen LogP contribution in [-0.2, 0) is 0 Å². The normalized spacial score (nSPS) is 17.5. The summed E-state index contributed by atoms with van der Waals surface area (Å²) in [5.41, 5.74) is -0.494. The average molecular weight is 293 g/mol. The number of carbonyl (C=O) groups is 1. The van der Waals surface area contributed by atoms with Gasteiger partial charge in [-0.2, -0.15) is 0 Å². The minimum Gasteiger partial charge on any atom is -0.394 e. The first-order valence-corrected chi connectivity index (χ1v) is 7.57. The van der Waals surface area contributed by atoms with E-state index in [1.54, 1.807) is 18.2 Å². The molecule has 1 fully saturated rings. The Bertz CT molecular complexity index is 646. The Morgan fingerprint density at radius 3 is 2.80 bits per heavy atom. The molecule has 5 heteroatoms. The van der Waals surface area contributed by atoms with Crippen LogP contribution in [0.15, 0.2) is 24.3 Å². The summed E-state index contributed by atoms with van der Waals surface area (Å²) >= 11 is 1.28. The van der Waals surface area contributed by atoms with Crippen molar-refractivity contribution < 1.29 is 14.3 Å². The fourth-order valence-corrected chi connectivity index (χ4v) is 3.78. The molecule has 3 nitrogen and oxygen atoms in total. The third-order valence-corrected chi connectivity index (χ3v) is 5.07. The first kappa shape index (κ1) is 13.5. The van der Waals surface area contributed by atoms with Gasteiger partial charge in [0.25, 0.3) is 5.91 Å². The summed E-state index contributed by atoms with van der Waals surface area (Å²) in [5, 5.41) is 12.9. The number of aliphatic hydroxyl groups is 1. The number of amides is 1. The highest BCUT2D eigenvalue weighted by Gasteiger charge is 2.35. The van der Waals surface area contributed by atoms with Crippen molar-refractivity contribution in [2.75, 3.05) is 6.61 Å². The molecule has 1 heterocycles. The smallest absolute Gasteiger partial charge is 0.261 e. The zero-order chi connectivity index (χ0) is 14.2. The average Bonchev–Trinajstić information content (AvgIpc) is 3.06. The van der Waals surface area contributed by atoms with Crippen molar-refractivity contribution >= 4 is 27.3 Å². The molecule has 1 saturated carbocycles. The number of halogens is 1. The number of thiophene rings is 1. The molecule has 1 aliphatic carbocycles. The lowest BCUT2D eigenvalue weighted by molar-refractivity contribution is 0.0842. The lowest BCUT2D eigenvalue weighted by Crippen LogP contribution is -2.49. The van der Waals surface area contributed by atoms with Crippen LogP contribution in [0.2, 0.25) is 0 Å². The maximum atomic E-state index is 13.6. The second-order valence-corrected chi connectivity index (χ2v) is 6.45. The van der Waals surface area contributed by atoms with E-state index >= 15 is 0 Å². The molecule has 2 aromatic rings. The fraction of sp³-hybridized carbons (Fsp3) is 0.400. The monoisotopic (exact) mass is 293 g/mol. The quantitative estimate of drug-likeness (QED) is 0.913. The predicted molar refractivity (Wildman–Crippen MR) is 77.5 cm³/mol. The maximum Gasteiger partial charge on any atom is 0.261 e. The zero-order valence-corrected chi connectivity index (χ0v) is 11.8. The number of hydrogen-bond donors (Lipinski definition) is 2. The van der Waals surface area contributed by atoms with Gasteiger partial charge in [-0.05, 0) is 31.0 Å². The molecule has 0 unspecified atom stereocenters. The number of hydrogen-bond acceptors (Lipinski definition) is 3. The molecule has 2 N–H and O–H groups in total. The highest BCUT2D eigenvalue weighted by atomic mass is 32.1. The minimum atomic E-state index is -0.494. The molecule has 0 spiro atoms. The molecule has 0 radical (unpaired) electrons. The van der Waals surface area contributed by atoms with Crippen molar-refractivity contribution in [2.45, 2.75) is 31.2 Å². The van der Waals surface area contributed by atoms with Gasteiger partial charge in [0.05, 0.1) is 17.0 Å². The van der Waals surface area contributed by atoms with Gasteiger partial charge in [-0.3, -0.25) is 4.79 Å². The van der Waals surface area contributed by atoms with Gasteiger partial charge in [0.15, 0.2) is 0 Å². The summed E-state index contributed by atoms with van der Waals surface area (Å²) in [4.78, 5) is 12.8. The summed E-state index contributed by atoms with van der Waals surface area (Å²) in [5.74, 6) is -0.530. The summed E-state index contributed by atoms with van der Waals surface area (Å²) in [6.07, 6.45) is 3.63. The molecular formula is C15H16FNO2S. The summed E-state index contributed by atoms with van der Waals surface area (Å²) in [7, 11) is 0. The Morgan fingerprint density at radius 2 is 2.15 bits per heavy atom. The molecule has 106 valence electrons. The lowest BCUT2D eigenvalue weighted by Gasteiger charge is -2.27. The number of fused-ring (bicyclic) bond motifs is 1. The van der Waals surface area contributed by atoms with E-state index in [4.69, 9.17) is 0 Å². The van der Waals surface area contributed by atoms with E-state index in [-0.39, 0.29) is 18.3 Å². The van der Waals surface area contributed by atoms with Gasteiger partial charge in [0, 0.05) is 10.1 Å². The van der Waals surface area contributed by atoms with Crippen LogP contribution in [0.1, 0.15) is 35.4 Å². The van der Waals surface area contributed by atoms with E-state index in [9.17, 15) is 14.3 Å². The SMILES string of the molecule is O=C(NC1(CO)CCCC1)c1cc2c(F)cccc2s1. The largest absolute Gasteiger partial charge is 0.394 e. The van der Waals surface area contributed by atoms with Gasteiger partial charge >= 0.3 is 0 Å². The van der Waals surface area contributed by atoms with Gasteiger partial charge in [0.2, 0.25) is 0 Å². The van der Waals surface area contributed by atoms with E-state index in [2.05, 4.69) is 5.32 Å². The first-order valence-electron chi connectivity index (χ1n) is 6.75. The number of benzene rings is 1. The predicted octanol–water partition coefficient (Wildman–Crippen LogP) is 3.08. The van der Waals surface area contributed by atoms with Gasteiger partial charge in [-0.1, -0.05) is 18.9 Å². The Hall–Kier alpha value is -1.46. The van der Waals surface area contributed by atoms with Crippen LogP contribution in [0.4, 0.5) is 4.39 Å². The van der Waals surface area contributed by atoms with Crippen LogP contribution < -0.4 is 5.32 Å². The van der Waals surface area contributed by atoms with Crippen molar-refractivity contribution in [3.8, 4) is 0 Å². The first-order chi connectivity index (χ1) is 9.63. The molecule has 0 atom stereocenters. The van der Waals surface area contributed by atoms with Crippen LogP contribution in [0.3, 0.4) is 0 Å². The van der Waals surface area contributed by atoms with Crippen LogP contribution in [0, 0.1) is 5.82 Å². The van der Waals surface area contributed by atoms with Crippen molar-refractivity contribution in [2.24, 2.45) is 0 Å². The number of nitrogens with one attached hydrogen (secondary N) is 1. The second kappa shape index (κ2) is 5.14. The Kier molecular flexibility index (Phi) is 3.48. The molecule has 0 saturated heterocycles. The number of carbonyl (C=O) groups excluding carboxylic acids is 1. The van der Waals surface area contributed by atoms with E-state index in [0.717, 1.165) is 30.4 Å². The molecule has 0 bridgehead atoms. The molecule has 1 aromatic heterocycles. The fourth-order valence-electron chi connectivity index (χ4n) is 2.81. The third kappa shape index (κ3) is 2.31. The van der Waals surface area contributed by atoms with Gasteiger partial charge in [0.1, 0.15) is 5.82 Å². The second-order valence-electron chi connectivity index (χ2n) is 5.36. The standard InChI is InChI=1S/C15H16FNO2S/c16-11-4-3-5-12-10(11)8-13(20-12)14(19)17-15(9-18)6-1-2-7-15/h3-5,8,18H,1-2,6-7,9H2,(H,17,19). The van der Waals surface area contributed by atoms with Crippen molar-refractivity contribution in [1.29, 1.82) is 0 Å². The van der Waals surface area contributed by atoms with E-state index < -0.39 is 5.54 Å². The van der Waals surface area contributed by atoms with Crippen LogP contribution >= 0.6 is 11.3 Å². The Morgan fingerprint density at radius 1 is 1.40 bits per heavy atom. The third-order valence-electron chi connectivity index (χ3n) is 3.97. The van der Waals surface area contributed by atoms with Crippen LogP contribution in [0.25, 0.3) is 10.1 Å². The minimum absolute atomic E-state index is 0.0437. The molecular weight excluding hydrogens is 277 g/mol. The van der Waals surface area contributed by atoms with Gasteiger partial charge in [-0.25, -0.2) is 4.39 Å². The molecule has 3 rings (SSSR count). The highest BCUT2D eigenvalue weighted by molar-refractivity contribution is 7.20. The van der Waals surface area contributed by atoms with Crippen LogP contribution in [-0.4, -0.2) is 23.2 Å². The topological polar surface area (TPSA) is 49.3 Å². The zero-order valence-electron chi connectivity index (χ0n) is 11.0. The number of aliphatic hydroxyl groups excluding tert-OH is 1.